The van der Waals surface area contributed by atoms with Crippen molar-refractivity contribution in [2.24, 2.45) is 0 Å². The fraction of sp³-hybridized carbons (Fsp3) is 0.353. The van der Waals surface area contributed by atoms with Crippen LogP contribution in [0, 0.1) is 13.8 Å². The van der Waals surface area contributed by atoms with E-state index in [-0.39, 0.29) is 5.91 Å². The van der Waals surface area contributed by atoms with Gasteiger partial charge in [0.1, 0.15) is 5.69 Å². The lowest BCUT2D eigenvalue weighted by atomic mass is 9.93. The van der Waals surface area contributed by atoms with E-state index >= 15 is 0 Å². The molecule has 1 fully saturated rings. The predicted molar refractivity (Wildman–Crippen MR) is 88.9 cm³/mol. The molecule has 0 bridgehead atoms. The Morgan fingerprint density at radius 2 is 1.95 bits per heavy atom. The number of aromatic nitrogens is 1. The lowest BCUT2D eigenvalue weighted by Crippen LogP contribution is -2.23. The number of rotatable bonds is 3. The van der Waals surface area contributed by atoms with Gasteiger partial charge in [0.2, 0.25) is 0 Å². The quantitative estimate of drug-likeness (QED) is 0.847. The second-order valence-corrected chi connectivity index (χ2v) is 6.56. The normalized spacial score (nSPS) is 14.8. The second kappa shape index (κ2) is 5.68. The Kier molecular flexibility index (Phi) is 3.89. The number of amides is 1. The molecule has 1 N–H and O–H groups in total. The smallest absolute Gasteiger partial charge is 0.272 e. The zero-order valence-electron chi connectivity index (χ0n) is 12.3. The molecule has 1 aromatic carbocycles. The van der Waals surface area contributed by atoms with Crippen LogP contribution >= 0.6 is 15.9 Å². The summed E-state index contributed by atoms with van der Waals surface area (Å²) < 4.78 is 3.20. The minimum Gasteiger partial charge on any atom is -0.340 e. The van der Waals surface area contributed by atoms with Crippen molar-refractivity contribution in [3.8, 4) is 0 Å². The molecule has 1 aliphatic rings. The Morgan fingerprint density at radius 1 is 1.29 bits per heavy atom. The van der Waals surface area contributed by atoms with Crippen LogP contribution in [0.15, 0.2) is 34.9 Å². The number of halogens is 1. The van der Waals surface area contributed by atoms with Gasteiger partial charge in [0.05, 0.1) is 0 Å². The summed E-state index contributed by atoms with van der Waals surface area (Å²) >= 11 is 3.55. The molecule has 0 saturated heterocycles. The minimum absolute atomic E-state index is 0.0342. The lowest BCUT2D eigenvalue weighted by Gasteiger charge is -2.28. The molecule has 0 atom stereocenters. The third-order valence-corrected chi connectivity index (χ3v) is 5.42. The summed E-state index contributed by atoms with van der Waals surface area (Å²) in [6, 6.07) is 8.32. The molecule has 0 spiro atoms. The van der Waals surface area contributed by atoms with Crippen LogP contribution in [0.4, 0.5) is 5.69 Å². The fourth-order valence-corrected chi connectivity index (χ4v) is 3.01. The summed E-state index contributed by atoms with van der Waals surface area (Å²) in [6.45, 7) is 4.06. The molecule has 3 rings (SSSR count). The number of nitrogens with zero attached hydrogens (tertiary/aromatic N) is 1. The van der Waals surface area contributed by atoms with Crippen LogP contribution in [0.2, 0.25) is 0 Å². The van der Waals surface area contributed by atoms with E-state index in [0.717, 1.165) is 27.0 Å². The zero-order chi connectivity index (χ0) is 15.0. The number of benzene rings is 1. The molecule has 21 heavy (non-hydrogen) atoms. The summed E-state index contributed by atoms with van der Waals surface area (Å²) in [6.07, 6.45) is 5.61. The van der Waals surface area contributed by atoms with Crippen LogP contribution in [0.1, 0.15) is 46.9 Å². The van der Waals surface area contributed by atoms with Crippen molar-refractivity contribution in [1.29, 1.82) is 0 Å². The van der Waals surface area contributed by atoms with Crippen LogP contribution in [-0.2, 0) is 0 Å². The number of carbonyl (C=O) groups excluding carboxylic acids is 1. The first kappa shape index (κ1) is 14.4. The van der Waals surface area contributed by atoms with Crippen LogP contribution in [0.3, 0.4) is 0 Å². The Balaban J connectivity index is 1.82. The molecule has 2 aromatic rings. The molecule has 0 radical (unpaired) electrons. The van der Waals surface area contributed by atoms with Gasteiger partial charge >= 0.3 is 0 Å². The maximum absolute atomic E-state index is 12.5. The van der Waals surface area contributed by atoms with Crippen LogP contribution in [0.5, 0.6) is 0 Å². The van der Waals surface area contributed by atoms with E-state index in [0.29, 0.717) is 6.04 Å². The highest BCUT2D eigenvalue weighted by Gasteiger charge is 2.23. The van der Waals surface area contributed by atoms with Gasteiger partial charge in [0.15, 0.2) is 0 Å². The first-order chi connectivity index (χ1) is 10.1. The highest BCUT2D eigenvalue weighted by Crippen LogP contribution is 2.33. The number of hydrogen-bond acceptors (Lipinski definition) is 1. The largest absolute Gasteiger partial charge is 0.340 e. The van der Waals surface area contributed by atoms with Gasteiger partial charge in [-0.3, -0.25) is 4.79 Å². The summed E-state index contributed by atoms with van der Waals surface area (Å²) in [5.41, 5.74) is 3.84. The summed E-state index contributed by atoms with van der Waals surface area (Å²) in [4.78, 5) is 12.5. The van der Waals surface area contributed by atoms with Gasteiger partial charge in [0, 0.05) is 22.4 Å². The Bertz CT molecular complexity index is 663. The fourth-order valence-electron chi connectivity index (χ4n) is 2.78. The van der Waals surface area contributed by atoms with E-state index in [1.807, 2.05) is 44.3 Å². The summed E-state index contributed by atoms with van der Waals surface area (Å²) in [7, 11) is 0. The van der Waals surface area contributed by atoms with Crippen LogP contribution in [-0.4, -0.2) is 10.5 Å². The van der Waals surface area contributed by atoms with Gasteiger partial charge in [0.25, 0.3) is 5.91 Å². The SMILES string of the molecule is Cc1cc(NC(=O)c2cccn2C2CCC2)cc(C)c1Br. The van der Waals surface area contributed by atoms with Gasteiger partial charge in [-0.05, 0) is 68.5 Å². The molecule has 1 aliphatic carbocycles. The van der Waals surface area contributed by atoms with Crippen LogP contribution < -0.4 is 5.32 Å². The molecule has 1 saturated carbocycles. The first-order valence-electron chi connectivity index (χ1n) is 7.31. The van der Waals surface area contributed by atoms with Gasteiger partial charge in [-0.25, -0.2) is 0 Å². The molecule has 0 unspecified atom stereocenters. The minimum atomic E-state index is -0.0342. The molecular weight excluding hydrogens is 328 g/mol. The van der Waals surface area contributed by atoms with E-state index in [4.69, 9.17) is 0 Å². The zero-order valence-corrected chi connectivity index (χ0v) is 13.9. The monoisotopic (exact) mass is 346 g/mol. The van der Waals surface area contributed by atoms with Crippen molar-refractivity contribution in [3.63, 3.8) is 0 Å². The molecule has 4 heteroatoms. The predicted octanol–water partition coefficient (Wildman–Crippen LogP) is 4.84. The highest BCUT2D eigenvalue weighted by atomic mass is 79.9. The van der Waals surface area contributed by atoms with Crippen LogP contribution in [0.25, 0.3) is 0 Å². The topological polar surface area (TPSA) is 34.0 Å². The van der Waals surface area contributed by atoms with Gasteiger partial charge in [-0.1, -0.05) is 15.9 Å². The molecule has 0 aliphatic heterocycles. The standard InChI is InChI=1S/C17H19BrN2O/c1-11-9-13(10-12(2)16(11)18)19-17(21)15-7-4-8-20(15)14-5-3-6-14/h4,7-10,14H,3,5-6H2,1-2H3,(H,19,21). The number of nitrogens with one attached hydrogen (secondary N) is 1. The van der Waals surface area contributed by atoms with E-state index in [1.54, 1.807) is 0 Å². The number of anilines is 1. The average molecular weight is 347 g/mol. The van der Waals surface area contributed by atoms with Crippen molar-refractivity contribution in [3.05, 3.63) is 51.8 Å². The Hall–Kier alpha value is -1.55. The third kappa shape index (κ3) is 2.77. The van der Waals surface area contributed by atoms with Crippen molar-refractivity contribution in [2.45, 2.75) is 39.2 Å². The third-order valence-electron chi connectivity index (χ3n) is 4.17. The Morgan fingerprint density at radius 3 is 2.52 bits per heavy atom. The molecule has 3 nitrogen and oxygen atoms in total. The first-order valence-corrected chi connectivity index (χ1v) is 8.10. The molecule has 1 aromatic heterocycles. The van der Waals surface area contributed by atoms with Gasteiger partial charge < -0.3 is 9.88 Å². The molecule has 110 valence electrons. The number of carbonyl (C=O) groups is 1. The van der Waals surface area contributed by atoms with Crippen molar-refractivity contribution >= 4 is 27.5 Å². The lowest BCUT2D eigenvalue weighted by molar-refractivity contribution is 0.101. The van der Waals surface area contributed by atoms with Crippen molar-refractivity contribution in [2.75, 3.05) is 5.32 Å². The maximum Gasteiger partial charge on any atom is 0.272 e. The highest BCUT2D eigenvalue weighted by molar-refractivity contribution is 9.10. The summed E-state index contributed by atoms with van der Waals surface area (Å²) in [5, 5.41) is 3.02. The van der Waals surface area contributed by atoms with Crippen molar-refractivity contribution in [1.82, 2.24) is 4.57 Å². The van der Waals surface area contributed by atoms with E-state index in [9.17, 15) is 4.79 Å². The average Bonchev–Trinajstić information content (AvgIpc) is 2.82. The van der Waals surface area contributed by atoms with Gasteiger partial charge in [-0.15, -0.1) is 0 Å². The van der Waals surface area contributed by atoms with Crippen molar-refractivity contribution < 1.29 is 4.79 Å². The maximum atomic E-state index is 12.5. The number of hydrogen-bond donors (Lipinski definition) is 1. The Labute approximate surface area is 133 Å². The second-order valence-electron chi connectivity index (χ2n) is 5.76. The molecular formula is C17H19BrN2O. The van der Waals surface area contributed by atoms with E-state index in [1.165, 1.54) is 19.3 Å². The van der Waals surface area contributed by atoms with Gasteiger partial charge in [-0.2, -0.15) is 0 Å². The summed E-state index contributed by atoms with van der Waals surface area (Å²) in [5.74, 6) is -0.0342. The van der Waals surface area contributed by atoms with E-state index < -0.39 is 0 Å². The van der Waals surface area contributed by atoms with E-state index in [2.05, 4.69) is 25.8 Å². The number of aryl methyl sites for hydroxylation is 2. The molecule has 1 amide bonds. The molecule has 1 heterocycles.